The van der Waals surface area contributed by atoms with E-state index in [2.05, 4.69) is 35.9 Å². The molecule has 3 aromatic rings. The van der Waals surface area contributed by atoms with Gasteiger partial charge in [0.05, 0.1) is 11.4 Å². The average Bonchev–Trinajstić information content (AvgIpc) is 3.31. The van der Waals surface area contributed by atoms with Crippen LogP contribution in [-0.2, 0) is 23.2 Å². The van der Waals surface area contributed by atoms with Gasteiger partial charge in [-0.15, -0.1) is 0 Å². The van der Waals surface area contributed by atoms with Crippen molar-refractivity contribution in [2.45, 2.75) is 45.2 Å². The Morgan fingerprint density at radius 1 is 1.03 bits per heavy atom. The van der Waals surface area contributed by atoms with Crippen LogP contribution >= 0.6 is 0 Å². The molecule has 2 aliphatic heterocycles. The Balaban J connectivity index is 1.51. The van der Waals surface area contributed by atoms with Crippen LogP contribution in [-0.4, -0.2) is 38.2 Å². The van der Waals surface area contributed by atoms with Crippen molar-refractivity contribution in [1.82, 2.24) is 19.8 Å². The summed E-state index contributed by atoms with van der Waals surface area (Å²) in [5.74, 6) is 0.239. The number of nitrogens with one attached hydrogen (secondary N) is 1. The number of fused-ring (bicyclic) bond motifs is 1. The molecule has 2 aromatic carbocycles. The summed E-state index contributed by atoms with van der Waals surface area (Å²) in [5, 5.41) is 2.35. The quantitative estimate of drug-likeness (QED) is 0.626. The van der Waals surface area contributed by atoms with Gasteiger partial charge in [0.1, 0.15) is 11.9 Å². The highest BCUT2D eigenvalue weighted by atomic mass is 16.2. The molecule has 1 N–H and O–H groups in total. The van der Waals surface area contributed by atoms with E-state index in [4.69, 9.17) is 4.98 Å². The molecule has 1 unspecified atom stereocenters. The van der Waals surface area contributed by atoms with Crippen LogP contribution in [0, 0.1) is 0 Å². The SMILES string of the molecule is CC(C)c1nc(-c2ccc3c(c2)CN(C2CCC(=O)NC2=O)C3=O)n(C)c1-c1ccccc1. The maximum absolute atomic E-state index is 13.0. The number of piperidine rings is 1. The van der Waals surface area contributed by atoms with Gasteiger partial charge in [-0.1, -0.05) is 50.2 Å². The lowest BCUT2D eigenvalue weighted by atomic mass is 10.0. The first-order chi connectivity index (χ1) is 15.8. The summed E-state index contributed by atoms with van der Waals surface area (Å²) in [5.41, 5.74) is 5.63. The summed E-state index contributed by atoms with van der Waals surface area (Å²) < 4.78 is 2.11. The maximum atomic E-state index is 13.0. The van der Waals surface area contributed by atoms with Crippen LogP contribution in [0.2, 0.25) is 0 Å². The standard InChI is InChI=1S/C26H26N4O3/c1-15(2)22-23(16-7-5-4-6-8-16)29(3)24(28-22)17-9-10-19-18(13-17)14-30(26(19)33)20-11-12-21(31)27-25(20)32/h4-10,13,15,20H,11-12,14H2,1-3H3,(H,27,31,32). The number of hydrogen-bond acceptors (Lipinski definition) is 4. The first-order valence-corrected chi connectivity index (χ1v) is 11.2. The minimum atomic E-state index is -0.614. The summed E-state index contributed by atoms with van der Waals surface area (Å²) >= 11 is 0. The van der Waals surface area contributed by atoms with Gasteiger partial charge < -0.3 is 9.47 Å². The van der Waals surface area contributed by atoms with Crippen molar-refractivity contribution in [2.24, 2.45) is 7.05 Å². The predicted octanol–water partition coefficient (Wildman–Crippen LogP) is 3.64. The summed E-state index contributed by atoms with van der Waals surface area (Å²) in [7, 11) is 2.02. The molecule has 3 heterocycles. The first kappa shape index (κ1) is 21.1. The van der Waals surface area contributed by atoms with Crippen molar-refractivity contribution in [2.75, 3.05) is 0 Å². The Kier molecular flexibility index (Phi) is 5.12. The van der Waals surface area contributed by atoms with Crippen LogP contribution in [0.25, 0.3) is 22.6 Å². The van der Waals surface area contributed by atoms with Gasteiger partial charge in [-0.2, -0.15) is 0 Å². The number of hydrogen-bond donors (Lipinski definition) is 1. The lowest BCUT2D eigenvalue weighted by Gasteiger charge is -2.29. The highest BCUT2D eigenvalue weighted by Gasteiger charge is 2.39. The molecule has 1 aromatic heterocycles. The second kappa shape index (κ2) is 7.99. The molecule has 33 heavy (non-hydrogen) atoms. The van der Waals surface area contributed by atoms with Crippen LogP contribution in [0.15, 0.2) is 48.5 Å². The van der Waals surface area contributed by atoms with Gasteiger partial charge in [0, 0.05) is 36.7 Å². The molecule has 1 fully saturated rings. The molecule has 0 radical (unpaired) electrons. The molecule has 1 atom stereocenters. The number of rotatable bonds is 4. The summed E-state index contributed by atoms with van der Waals surface area (Å²) in [4.78, 5) is 43.4. The van der Waals surface area contributed by atoms with Crippen molar-refractivity contribution < 1.29 is 14.4 Å². The molecule has 0 aliphatic carbocycles. The fourth-order valence-corrected chi connectivity index (χ4v) is 4.83. The van der Waals surface area contributed by atoms with Gasteiger partial charge in [0.25, 0.3) is 5.91 Å². The fourth-order valence-electron chi connectivity index (χ4n) is 4.83. The molecule has 5 rings (SSSR count). The highest BCUT2D eigenvalue weighted by Crippen LogP contribution is 2.35. The van der Waals surface area contributed by atoms with Gasteiger partial charge >= 0.3 is 0 Å². The number of carbonyl (C=O) groups is 3. The topological polar surface area (TPSA) is 84.3 Å². The number of aromatic nitrogens is 2. The van der Waals surface area contributed by atoms with E-state index < -0.39 is 11.9 Å². The molecular weight excluding hydrogens is 416 g/mol. The normalized spacial score (nSPS) is 18.1. The van der Waals surface area contributed by atoms with Gasteiger partial charge in [0.15, 0.2) is 0 Å². The zero-order valence-electron chi connectivity index (χ0n) is 19.0. The van der Waals surface area contributed by atoms with Crippen LogP contribution in [0.5, 0.6) is 0 Å². The van der Waals surface area contributed by atoms with E-state index in [0.717, 1.165) is 33.9 Å². The number of carbonyl (C=O) groups excluding carboxylic acids is 3. The highest BCUT2D eigenvalue weighted by molar-refractivity contribution is 6.05. The van der Waals surface area contributed by atoms with Crippen molar-refractivity contribution in [3.63, 3.8) is 0 Å². The van der Waals surface area contributed by atoms with Crippen LogP contribution in [0.3, 0.4) is 0 Å². The van der Waals surface area contributed by atoms with Crippen molar-refractivity contribution in [3.8, 4) is 22.6 Å². The molecule has 3 amide bonds. The molecule has 0 bridgehead atoms. The largest absolute Gasteiger partial charge is 0.327 e. The third kappa shape index (κ3) is 3.53. The van der Waals surface area contributed by atoms with E-state index in [9.17, 15) is 14.4 Å². The van der Waals surface area contributed by atoms with E-state index in [0.29, 0.717) is 18.5 Å². The summed E-state index contributed by atoms with van der Waals surface area (Å²) in [6.45, 7) is 4.62. The van der Waals surface area contributed by atoms with E-state index in [1.807, 2.05) is 43.4 Å². The number of imidazole rings is 1. The number of amides is 3. The molecular formula is C26H26N4O3. The average molecular weight is 443 g/mol. The van der Waals surface area contributed by atoms with E-state index in [1.165, 1.54) is 0 Å². The summed E-state index contributed by atoms with van der Waals surface area (Å²) in [6.07, 6.45) is 0.601. The Morgan fingerprint density at radius 2 is 1.79 bits per heavy atom. The Hall–Kier alpha value is -3.74. The van der Waals surface area contributed by atoms with Crippen molar-refractivity contribution >= 4 is 17.7 Å². The Morgan fingerprint density at radius 3 is 2.48 bits per heavy atom. The summed E-state index contributed by atoms with van der Waals surface area (Å²) in [6, 6.07) is 15.4. The molecule has 7 heteroatoms. The number of imide groups is 1. The van der Waals surface area contributed by atoms with Crippen LogP contribution < -0.4 is 5.32 Å². The Bertz CT molecular complexity index is 1280. The fraction of sp³-hybridized carbons (Fsp3) is 0.308. The van der Waals surface area contributed by atoms with Crippen LogP contribution in [0.1, 0.15) is 54.2 Å². The number of benzene rings is 2. The van der Waals surface area contributed by atoms with E-state index >= 15 is 0 Å². The third-order valence-corrected chi connectivity index (χ3v) is 6.50. The van der Waals surface area contributed by atoms with E-state index in [1.54, 1.807) is 4.90 Å². The monoisotopic (exact) mass is 442 g/mol. The second-order valence-electron chi connectivity index (χ2n) is 9.02. The molecule has 0 saturated carbocycles. The van der Waals surface area contributed by atoms with Gasteiger partial charge in [-0.25, -0.2) is 4.98 Å². The second-order valence-corrected chi connectivity index (χ2v) is 9.02. The smallest absolute Gasteiger partial charge is 0.255 e. The molecule has 7 nitrogen and oxygen atoms in total. The predicted molar refractivity (Wildman–Crippen MR) is 124 cm³/mol. The lowest BCUT2D eigenvalue weighted by molar-refractivity contribution is -0.136. The van der Waals surface area contributed by atoms with Gasteiger partial charge in [-0.3, -0.25) is 19.7 Å². The molecule has 1 saturated heterocycles. The third-order valence-electron chi connectivity index (χ3n) is 6.50. The van der Waals surface area contributed by atoms with Crippen molar-refractivity contribution in [1.29, 1.82) is 0 Å². The van der Waals surface area contributed by atoms with Gasteiger partial charge in [-0.05, 0) is 30.0 Å². The van der Waals surface area contributed by atoms with Crippen molar-refractivity contribution in [3.05, 3.63) is 65.4 Å². The van der Waals surface area contributed by atoms with E-state index in [-0.39, 0.29) is 24.2 Å². The Labute approximate surface area is 192 Å². The van der Waals surface area contributed by atoms with Crippen LogP contribution in [0.4, 0.5) is 0 Å². The number of nitrogens with zero attached hydrogens (tertiary/aromatic N) is 3. The lowest BCUT2D eigenvalue weighted by Crippen LogP contribution is -2.52. The zero-order chi connectivity index (χ0) is 23.3. The molecule has 168 valence electrons. The minimum absolute atomic E-state index is 0.168. The first-order valence-electron chi connectivity index (χ1n) is 11.2. The molecule has 0 spiro atoms. The minimum Gasteiger partial charge on any atom is -0.327 e. The van der Waals surface area contributed by atoms with Gasteiger partial charge in [0.2, 0.25) is 11.8 Å². The molecule has 2 aliphatic rings. The zero-order valence-corrected chi connectivity index (χ0v) is 19.0. The maximum Gasteiger partial charge on any atom is 0.255 e.